The Kier molecular flexibility index (Phi) is 6.64. The molecule has 2 N–H and O–H groups in total. The lowest BCUT2D eigenvalue weighted by molar-refractivity contribution is 0.174. The summed E-state index contributed by atoms with van der Waals surface area (Å²) in [5.74, 6) is 3.35. The first-order valence-corrected chi connectivity index (χ1v) is 7.44. The Labute approximate surface area is 157 Å². The van der Waals surface area contributed by atoms with E-state index in [1.807, 2.05) is 25.1 Å². The zero-order valence-electron chi connectivity index (χ0n) is 13.5. The zero-order chi connectivity index (χ0) is 16.1. The van der Waals surface area contributed by atoms with Crippen LogP contribution < -0.4 is 20.1 Å². The third-order valence-electron chi connectivity index (χ3n) is 3.18. The van der Waals surface area contributed by atoms with Crippen LogP contribution in [0.3, 0.4) is 0 Å². The van der Waals surface area contributed by atoms with Crippen molar-refractivity contribution in [2.45, 2.75) is 26.9 Å². The van der Waals surface area contributed by atoms with Crippen LogP contribution in [-0.4, -0.2) is 29.4 Å². The second-order valence-corrected chi connectivity index (χ2v) is 4.97. The summed E-state index contributed by atoms with van der Waals surface area (Å²) in [6.07, 6.45) is 0. The second kappa shape index (κ2) is 8.71. The van der Waals surface area contributed by atoms with Gasteiger partial charge in [0.2, 0.25) is 12.7 Å². The van der Waals surface area contributed by atoms with Crippen LogP contribution in [0.4, 0.5) is 0 Å². The van der Waals surface area contributed by atoms with Crippen molar-refractivity contribution in [3.63, 3.8) is 0 Å². The van der Waals surface area contributed by atoms with E-state index in [2.05, 4.69) is 25.8 Å². The quantitative estimate of drug-likeness (QED) is 0.413. The molecule has 3 rings (SSSR count). The Morgan fingerprint density at radius 1 is 1.25 bits per heavy atom. The summed E-state index contributed by atoms with van der Waals surface area (Å²) in [6.45, 7) is 5.77. The molecule has 0 radical (unpaired) electrons. The molecule has 1 aromatic heterocycles. The van der Waals surface area contributed by atoms with E-state index in [1.165, 1.54) is 0 Å². The SMILES string of the molecule is CCNC(=NCc1ccc2c(c1)OCO2)NCc1nc(C)no1.I. The molecule has 1 aliphatic rings. The molecule has 0 unspecified atom stereocenters. The van der Waals surface area contributed by atoms with Gasteiger partial charge in [-0.25, -0.2) is 4.99 Å². The number of nitrogens with zero attached hydrogens (tertiary/aromatic N) is 3. The Morgan fingerprint density at radius 3 is 2.83 bits per heavy atom. The highest BCUT2D eigenvalue weighted by molar-refractivity contribution is 14.0. The minimum absolute atomic E-state index is 0. The first kappa shape index (κ1) is 18.3. The number of aryl methyl sites for hydroxylation is 1. The second-order valence-electron chi connectivity index (χ2n) is 4.97. The van der Waals surface area contributed by atoms with Gasteiger partial charge in [-0.3, -0.25) is 0 Å². The van der Waals surface area contributed by atoms with Gasteiger partial charge in [-0.2, -0.15) is 4.98 Å². The number of fused-ring (bicyclic) bond motifs is 1. The summed E-state index contributed by atoms with van der Waals surface area (Å²) in [4.78, 5) is 8.69. The van der Waals surface area contributed by atoms with Crippen LogP contribution in [0, 0.1) is 6.92 Å². The molecule has 0 saturated heterocycles. The molecule has 8 nitrogen and oxygen atoms in total. The molecule has 24 heavy (non-hydrogen) atoms. The molecule has 2 aromatic rings. The van der Waals surface area contributed by atoms with Gasteiger partial charge in [0.1, 0.15) is 0 Å². The van der Waals surface area contributed by atoms with Crippen molar-refractivity contribution < 1.29 is 14.0 Å². The number of rotatable bonds is 5. The molecule has 9 heteroatoms. The largest absolute Gasteiger partial charge is 0.454 e. The predicted octanol–water partition coefficient (Wildman–Crippen LogP) is 1.98. The Bertz CT molecular complexity index is 704. The molecule has 0 bridgehead atoms. The van der Waals surface area contributed by atoms with Crippen molar-refractivity contribution in [2.75, 3.05) is 13.3 Å². The van der Waals surface area contributed by atoms with Gasteiger partial charge in [0, 0.05) is 6.54 Å². The van der Waals surface area contributed by atoms with Gasteiger partial charge in [0.25, 0.3) is 0 Å². The summed E-state index contributed by atoms with van der Waals surface area (Å²) in [5.41, 5.74) is 1.04. The van der Waals surface area contributed by atoms with Gasteiger partial charge in [0.05, 0.1) is 13.1 Å². The van der Waals surface area contributed by atoms with Gasteiger partial charge >= 0.3 is 0 Å². The van der Waals surface area contributed by atoms with Gasteiger partial charge in [-0.1, -0.05) is 11.2 Å². The number of hydrogen-bond donors (Lipinski definition) is 2. The van der Waals surface area contributed by atoms with Crippen LogP contribution in [-0.2, 0) is 13.1 Å². The number of benzene rings is 1. The lowest BCUT2D eigenvalue weighted by atomic mass is 10.2. The fourth-order valence-electron chi connectivity index (χ4n) is 2.12. The van der Waals surface area contributed by atoms with Crippen molar-refractivity contribution in [1.82, 2.24) is 20.8 Å². The van der Waals surface area contributed by atoms with Gasteiger partial charge in [-0.05, 0) is 31.5 Å². The number of aliphatic imine (C=N–C) groups is 1. The maximum absolute atomic E-state index is 5.37. The van der Waals surface area contributed by atoms with Crippen molar-refractivity contribution in [3.8, 4) is 11.5 Å². The fraction of sp³-hybridized carbons (Fsp3) is 0.400. The molecule has 1 aromatic carbocycles. The molecule has 0 aliphatic carbocycles. The molecule has 1 aliphatic heterocycles. The van der Waals surface area contributed by atoms with Crippen molar-refractivity contribution in [1.29, 1.82) is 0 Å². The number of ether oxygens (including phenoxy) is 2. The highest BCUT2D eigenvalue weighted by Gasteiger charge is 2.13. The third kappa shape index (κ3) is 4.73. The normalized spacial score (nSPS) is 12.7. The standard InChI is InChI=1S/C15H19N5O3.HI/c1-3-16-15(18-8-14-19-10(2)20-23-14)17-7-11-4-5-12-13(6-11)22-9-21-12;/h4-6H,3,7-9H2,1-2H3,(H2,16,17,18);1H. The molecule has 0 saturated carbocycles. The number of nitrogens with one attached hydrogen (secondary N) is 2. The van der Waals surface area contributed by atoms with Crippen LogP contribution in [0.25, 0.3) is 0 Å². The first-order valence-electron chi connectivity index (χ1n) is 7.44. The molecule has 0 spiro atoms. The third-order valence-corrected chi connectivity index (χ3v) is 3.18. The highest BCUT2D eigenvalue weighted by Crippen LogP contribution is 2.32. The van der Waals surface area contributed by atoms with Gasteiger partial charge < -0.3 is 24.6 Å². The molecular weight excluding hydrogens is 425 g/mol. The van der Waals surface area contributed by atoms with Crippen LogP contribution in [0.5, 0.6) is 11.5 Å². The fourth-order valence-corrected chi connectivity index (χ4v) is 2.12. The predicted molar refractivity (Wildman–Crippen MR) is 98.7 cm³/mol. The summed E-state index contributed by atoms with van der Waals surface area (Å²) in [5, 5.41) is 10.1. The van der Waals surface area contributed by atoms with Gasteiger partial charge in [-0.15, -0.1) is 24.0 Å². The van der Waals surface area contributed by atoms with E-state index in [1.54, 1.807) is 6.92 Å². The maximum atomic E-state index is 5.37. The molecule has 0 fully saturated rings. The average Bonchev–Trinajstić information content (AvgIpc) is 3.18. The van der Waals surface area contributed by atoms with E-state index < -0.39 is 0 Å². The summed E-state index contributed by atoms with van der Waals surface area (Å²) < 4.78 is 15.7. The smallest absolute Gasteiger partial charge is 0.246 e. The van der Waals surface area contributed by atoms with Crippen molar-refractivity contribution in [2.24, 2.45) is 4.99 Å². The summed E-state index contributed by atoms with van der Waals surface area (Å²) in [7, 11) is 0. The molecule has 130 valence electrons. The van der Waals surface area contributed by atoms with Gasteiger partial charge in [0.15, 0.2) is 23.3 Å². The Morgan fingerprint density at radius 2 is 2.08 bits per heavy atom. The molecule has 2 heterocycles. The number of halogens is 1. The minimum Gasteiger partial charge on any atom is -0.454 e. The average molecular weight is 445 g/mol. The van der Waals surface area contributed by atoms with Crippen LogP contribution in [0.2, 0.25) is 0 Å². The van der Waals surface area contributed by atoms with Crippen LogP contribution in [0.1, 0.15) is 24.2 Å². The highest BCUT2D eigenvalue weighted by atomic mass is 127. The lowest BCUT2D eigenvalue weighted by Gasteiger charge is -2.09. The summed E-state index contributed by atoms with van der Waals surface area (Å²) in [6, 6.07) is 5.81. The number of guanidine groups is 1. The van der Waals surface area contributed by atoms with Crippen molar-refractivity contribution in [3.05, 3.63) is 35.5 Å². The van der Waals surface area contributed by atoms with E-state index >= 15 is 0 Å². The lowest BCUT2D eigenvalue weighted by Crippen LogP contribution is -2.36. The zero-order valence-corrected chi connectivity index (χ0v) is 15.9. The summed E-state index contributed by atoms with van der Waals surface area (Å²) >= 11 is 0. The monoisotopic (exact) mass is 445 g/mol. The topological polar surface area (TPSA) is 93.8 Å². The van der Waals surface area contributed by atoms with Crippen LogP contribution in [0.15, 0.2) is 27.7 Å². The minimum atomic E-state index is 0. The molecule has 0 atom stereocenters. The molecule has 0 amide bonds. The Hall–Kier alpha value is -2.04. The number of aromatic nitrogens is 2. The molecular formula is C15H20IN5O3. The first-order chi connectivity index (χ1) is 11.2. The van der Waals surface area contributed by atoms with Crippen LogP contribution >= 0.6 is 24.0 Å². The van der Waals surface area contributed by atoms with E-state index in [-0.39, 0.29) is 30.8 Å². The van der Waals surface area contributed by atoms with E-state index in [4.69, 9.17) is 14.0 Å². The Balaban J connectivity index is 0.00000208. The number of hydrogen-bond acceptors (Lipinski definition) is 6. The van der Waals surface area contributed by atoms with E-state index in [9.17, 15) is 0 Å². The van der Waals surface area contributed by atoms with Crippen molar-refractivity contribution >= 4 is 29.9 Å². The van der Waals surface area contributed by atoms with E-state index in [0.717, 1.165) is 23.6 Å². The maximum Gasteiger partial charge on any atom is 0.246 e. The van der Waals surface area contributed by atoms with E-state index in [0.29, 0.717) is 30.8 Å².